The lowest BCUT2D eigenvalue weighted by molar-refractivity contribution is -0.119. The van der Waals surface area contributed by atoms with Crippen LogP contribution in [0.3, 0.4) is 0 Å². The zero-order chi connectivity index (χ0) is 21.7. The number of pyridine rings is 1. The summed E-state index contributed by atoms with van der Waals surface area (Å²) in [6.45, 7) is 5.97. The Morgan fingerprint density at radius 3 is 2.50 bits per heavy atom. The fourth-order valence-corrected chi connectivity index (χ4v) is 3.77. The molecule has 2 N–H and O–H groups in total. The van der Waals surface area contributed by atoms with Gasteiger partial charge in [-0.15, -0.1) is 10.2 Å². The molecule has 9 heteroatoms. The first-order valence-corrected chi connectivity index (χ1v) is 10.4. The molecule has 3 rings (SSSR count). The molecular weight excluding hydrogens is 400 g/mol. The summed E-state index contributed by atoms with van der Waals surface area (Å²) in [5.74, 6) is 0.503. The quantitative estimate of drug-likeness (QED) is 0.588. The number of benzene rings is 1. The Kier molecular flexibility index (Phi) is 6.83. The average Bonchev–Trinajstić information content (AvgIpc) is 3.17. The Balaban J connectivity index is 2.06. The highest BCUT2D eigenvalue weighted by Gasteiger charge is 2.24. The molecule has 0 aliphatic heterocycles. The molecule has 0 saturated heterocycles. The van der Waals surface area contributed by atoms with Gasteiger partial charge in [0.2, 0.25) is 5.91 Å². The Morgan fingerprint density at radius 1 is 1.07 bits per heavy atom. The highest BCUT2D eigenvalue weighted by Crippen LogP contribution is 2.33. The Hall–Kier alpha value is -3.20. The molecule has 0 radical (unpaired) electrons. The number of amides is 3. The number of imide groups is 1. The minimum absolute atomic E-state index is 0.275. The van der Waals surface area contributed by atoms with Gasteiger partial charge < -0.3 is 5.32 Å². The van der Waals surface area contributed by atoms with Crippen molar-refractivity contribution in [2.24, 2.45) is 0 Å². The summed E-state index contributed by atoms with van der Waals surface area (Å²) >= 11 is 1.24. The molecule has 0 fully saturated rings. The first kappa shape index (κ1) is 21.5. The van der Waals surface area contributed by atoms with E-state index in [0.29, 0.717) is 11.0 Å². The lowest BCUT2D eigenvalue weighted by atomic mass is 10.0. The number of hydrogen-bond acceptors (Lipinski definition) is 6. The molecule has 3 aromatic rings. The molecule has 30 heavy (non-hydrogen) atoms. The van der Waals surface area contributed by atoms with Crippen molar-refractivity contribution in [3.05, 3.63) is 54.4 Å². The van der Waals surface area contributed by atoms with Crippen molar-refractivity contribution in [2.75, 3.05) is 7.05 Å². The lowest BCUT2D eigenvalue weighted by Crippen LogP contribution is -2.41. The van der Waals surface area contributed by atoms with E-state index in [-0.39, 0.29) is 5.92 Å². The zero-order valence-electron chi connectivity index (χ0n) is 17.3. The van der Waals surface area contributed by atoms with Crippen LogP contribution in [0, 0.1) is 0 Å². The molecule has 2 aromatic heterocycles. The number of para-hydroxylation sites is 1. The molecular formula is C21H24N6O2S. The van der Waals surface area contributed by atoms with E-state index in [4.69, 9.17) is 0 Å². The maximum Gasteiger partial charge on any atom is 0.321 e. The summed E-state index contributed by atoms with van der Waals surface area (Å²) in [5, 5.41) is 13.4. The number of carbonyl (C=O) groups excluding carboxylic acids is 2. The number of aromatic nitrogens is 4. The monoisotopic (exact) mass is 424 g/mol. The maximum atomic E-state index is 12.4. The zero-order valence-corrected chi connectivity index (χ0v) is 18.1. The van der Waals surface area contributed by atoms with Gasteiger partial charge in [0.05, 0.1) is 10.9 Å². The van der Waals surface area contributed by atoms with Gasteiger partial charge in [0.25, 0.3) is 0 Å². The van der Waals surface area contributed by atoms with Crippen molar-refractivity contribution in [2.45, 2.75) is 37.1 Å². The highest BCUT2D eigenvalue weighted by molar-refractivity contribution is 8.00. The molecule has 0 aliphatic carbocycles. The van der Waals surface area contributed by atoms with Crippen LogP contribution >= 0.6 is 11.8 Å². The van der Waals surface area contributed by atoms with E-state index in [0.717, 1.165) is 16.8 Å². The van der Waals surface area contributed by atoms with Crippen LogP contribution in [0.2, 0.25) is 0 Å². The Labute approximate surface area is 179 Å². The minimum Gasteiger partial charge on any atom is -0.341 e. The highest BCUT2D eigenvalue weighted by atomic mass is 32.2. The number of nitrogens with zero attached hydrogens (tertiary/aromatic N) is 4. The third-order valence-electron chi connectivity index (χ3n) is 4.47. The first-order valence-electron chi connectivity index (χ1n) is 9.56. The molecule has 1 atom stereocenters. The van der Waals surface area contributed by atoms with Crippen LogP contribution in [0.5, 0.6) is 0 Å². The van der Waals surface area contributed by atoms with E-state index < -0.39 is 17.2 Å². The number of nitrogens with one attached hydrogen (secondary N) is 2. The molecule has 1 aromatic carbocycles. The van der Waals surface area contributed by atoms with Crippen molar-refractivity contribution < 1.29 is 9.59 Å². The SMILES string of the molecule is CNC(=O)NC(=O)C(C)Sc1nnc(-c2cccnc2)n1-c1ccccc1C(C)C. The molecule has 8 nitrogen and oxygen atoms in total. The second kappa shape index (κ2) is 9.53. The van der Waals surface area contributed by atoms with E-state index in [2.05, 4.69) is 45.7 Å². The summed E-state index contributed by atoms with van der Waals surface area (Å²) in [6.07, 6.45) is 3.43. The van der Waals surface area contributed by atoms with E-state index in [1.54, 1.807) is 19.3 Å². The van der Waals surface area contributed by atoms with Crippen LogP contribution in [-0.4, -0.2) is 44.0 Å². The number of hydrogen-bond donors (Lipinski definition) is 2. The molecule has 1 unspecified atom stereocenters. The van der Waals surface area contributed by atoms with Crippen molar-refractivity contribution in [1.29, 1.82) is 0 Å². The smallest absolute Gasteiger partial charge is 0.321 e. The predicted octanol–water partition coefficient (Wildman–Crippen LogP) is 3.39. The van der Waals surface area contributed by atoms with Gasteiger partial charge in [0.1, 0.15) is 0 Å². The molecule has 156 valence electrons. The van der Waals surface area contributed by atoms with E-state index in [1.165, 1.54) is 18.8 Å². The van der Waals surface area contributed by atoms with E-state index in [9.17, 15) is 9.59 Å². The van der Waals surface area contributed by atoms with Crippen LogP contribution in [-0.2, 0) is 4.79 Å². The van der Waals surface area contributed by atoms with Crippen molar-refractivity contribution >= 4 is 23.7 Å². The standard InChI is InChI=1S/C21H24N6O2S/c1-13(2)16-9-5-6-10-17(16)27-18(15-8-7-11-23-12-15)25-26-21(27)30-14(3)19(28)24-20(29)22-4/h5-14H,1-4H3,(H2,22,24,28,29). The first-order chi connectivity index (χ1) is 14.4. The van der Waals surface area contributed by atoms with Crippen LogP contribution < -0.4 is 10.6 Å². The number of rotatable bonds is 6. The molecule has 0 aliphatic rings. The van der Waals surface area contributed by atoms with Crippen molar-refractivity contribution in [3.8, 4) is 17.1 Å². The summed E-state index contributed by atoms with van der Waals surface area (Å²) < 4.78 is 1.95. The lowest BCUT2D eigenvalue weighted by Gasteiger charge is -2.18. The maximum absolute atomic E-state index is 12.4. The van der Waals surface area contributed by atoms with Gasteiger partial charge in [0, 0.05) is 25.0 Å². The number of carbonyl (C=O) groups is 2. The molecule has 2 heterocycles. The Bertz CT molecular complexity index is 1030. The summed E-state index contributed by atoms with van der Waals surface area (Å²) in [7, 11) is 1.46. The largest absolute Gasteiger partial charge is 0.341 e. The molecule has 3 amide bonds. The predicted molar refractivity (Wildman–Crippen MR) is 117 cm³/mol. The van der Waals surface area contributed by atoms with Crippen LogP contribution in [0.4, 0.5) is 4.79 Å². The van der Waals surface area contributed by atoms with Gasteiger partial charge >= 0.3 is 6.03 Å². The van der Waals surface area contributed by atoms with E-state index in [1.807, 2.05) is 34.9 Å². The third-order valence-corrected chi connectivity index (χ3v) is 5.51. The van der Waals surface area contributed by atoms with Crippen LogP contribution in [0.1, 0.15) is 32.3 Å². The van der Waals surface area contributed by atoms with Crippen molar-refractivity contribution in [3.63, 3.8) is 0 Å². The second-order valence-corrected chi connectivity index (χ2v) is 8.23. The van der Waals surface area contributed by atoms with Gasteiger partial charge in [-0.25, -0.2) is 4.79 Å². The second-order valence-electron chi connectivity index (χ2n) is 6.93. The minimum atomic E-state index is -0.557. The topological polar surface area (TPSA) is 102 Å². The van der Waals surface area contributed by atoms with Gasteiger partial charge in [-0.1, -0.05) is 43.8 Å². The average molecular weight is 425 g/mol. The summed E-state index contributed by atoms with van der Waals surface area (Å²) in [6, 6.07) is 11.3. The number of thioether (sulfide) groups is 1. The van der Waals surface area contributed by atoms with E-state index >= 15 is 0 Å². The molecule has 0 saturated carbocycles. The number of urea groups is 1. The summed E-state index contributed by atoms with van der Waals surface area (Å²) in [4.78, 5) is 28.0. The van der Waals surface area contributed by atoms with Crippen LogP contribution in [0.25, 0.3) is 17.1 Å². The fourth-order valence-electron chi connectivity index (χ4n) is 2.91. The Morgan fingerprint density at radius 2 is 1.83 bits per heavy atom. The molecule has 0 spiro atoms. The fraction of sp³-hybridized carbons (Fsp3) is 0.286. The van der Waals surface area contributed by atoms with Crippen molar-refractivity contribution in [1.82, 2.24) is 30.4 Å². The summed E-state index contributed by atoms with van der Waals surface area (Å²) in [5.41, 5.74) is 2.89. The normalized spacial score (nSPS) is 11.9. The third kappa shape index (κ3) is 4.68. The van der Waals surface area contributed by atoms with Gasteiger partial charge in [0.15, 0.2) is 11.0 Å². The molecule has 0 bridgehead atoms. The van der Waals surface area contributed by atoms with Gasteiger partial charge in [-0.05, 0) is 36.6 Å². The van der Waals surface area contributed by atoms with Gasteiger partial charge in [-0.3, -0.25) is 19.7 Å². The van der Waals surface area contributed by atoms with Gasteiger partial charge in [-0.2, -0.15) is 0 Å². The van der Waals surface area contributed by atoms with Crippen LogP contribution in [0.15, 0.2) is 53.9 Å².